The number of para-hydroxylation sites is 2. The van der Waals surface area contributed by atoms with E-state index in [0.29, 0.717) is 6.42 Å². The lowest BCUT2D eigenvalue weighted by Gasteiger charge is -2.24. The van der Waals surface area contributed by atoms with Gasteiger partial charge in [-0.05, 0) is 37.9 Å². The van der Waals surface area contributed by atoms with E-state index in [1.165, 1.54) is 0 Å². The van der Waals surface area contributed by atoms with Gasteiger partial charge in [0.15, 0.2) is 0 Å². The quantitative estimate of drug-likeness (QED) is 0.892. The van der Waals surface area contributed by atoms with Gasteiger partial charge in [0.05, 0.1) is 17.4 Å². The molecule has 1 aromatic carbocycles. The molecule has 2 saturated heterocycles. The Morgan fingerprint density at radius 3 is 2.81 bits per heavy atom. The van der Waals surface area contributed by atoms with Gasteiger partial charge in [0.2, 0.25) is 11.8 Å². The number of carbonyl (C=O) groups is 2. The maximum absolute atomic E-state index is 12.3. The fraction of sp³-hybridized carbons (Fsp3) is 0.500. The van der Waals surface area contributed by atoms with Gasteiger partial charge in [-0.15, -0.1) is 0 Å². The molecular weight excluding hydrogens is 266 g/mol. The van der Waals surface area contributed by atoms with Crippen molar-refractivity contribution >= 4 is 23.2 Å². The van der Waals surface area contributed by atoms with E-state index < -0.39 is 0 Å². The van der Waals surface area contributed by atoms with Gasteiger partial charge < -0.3 is 15.5 Å². The van der Waals surface area contributed by atoms with Crippen LogP contribution in [0.5, 0.6) is 0 Å². The first-order valence-corrected chi connectivity index (χ1v) is 7.69. The van der Waals surface area contributed by atoms with Crippen molar-refractivity contribution in [2.24, 2.45) is 0 Å². The number of piperidine rings is 1. The number of amides is 2. The van der Waals surface area contributed by atoms with Crippen LogP contribution in [-0.4, -0.2) is 30.9 Å². The van der Waals surface area contributed by atoms with Crippen LogP contribution in [0.3, 0.4) is 0 Å². The number of anilines is 2. The van der Waals surface area contributed by atoms with Crippen LogP contribution in [0.4, 0.5) is 11.4 Å². The van der Waals surface area contributed by atoms with Gasteiger partial charge in [0.1, 0.15) is 0 Å². The van der Waals surface area contributed by atoms with E-state index in [1.807, 2.05) is 24.3 Å². The Hall–Kier alpha value is -1.88. The Balaban J connectivity index is 1.75. The molecule has 0 spiro atoms. The summed E-state index contributed by atoms with van der Waals surface area (Å²) in [5.41, 5.74) is 1.54. The summed E-state index contributed by atoms with van der Waals surface area (Å²) in [7, 11) is 0. The zero-order valence-corrected chi connectivity index (χ0v) is 12.1. The average molecular weight is 287 g/mol. The molecule has 0 aliphatic carbocycles. The van der Waals surface area contributed by atoms with Crippen molar-refractivity contribution in [3.63, 3.8) is 0 Å². The summed E-state index contributed by atoms with van der Waals surface area (Å²) in [6.07, 6.45) is 4.55. The smallest absolute Gasteiger partial charge is 0.241 e. The summed E-state index contributed by atoms with van der Waals surface area (Å²) in [5, 5.41) is 6.23. The van der Waals surface area contributed by atoms with Crippen LogP contribution in [0, 0.1) is 0 Å². The zero-order chi connectivity index (χ0) is 14.7. The van der Waals surface area contributed by atoms with E-state index in [0.717, 1.165) is 50.1 Å². The first-order chi connectivity index (χ1) is 10.3. The first kappa shape index (κ1) is 14.1. The molecule has 5 heteroatoms. The number of benzene rings is 1. The fourth-order valence-electron chi connectivity index (χ4n) is 3.01. The second-order valence-electron chi connectivity index (χ2n) is 5.66. The van der Waals surface area contributed by atoms with Crippen LogP contribution in [0.15, 0.2) is 24.3 Å². The fourth-order valence-corrected chi connectivity index (χ4v) is 3.01. The number of hydrogen-bond acceptors (Lipinski definition) is 3. The number of hydrogen-bond donors (Lipinski definition) is 2. The van der Waals surface area contributed by atoms with Gasteiger partial charge >= 0.3 is 0 Å². The first-order valence-electron chi connectivity index (χ1n) is 7.69. The maximum Gasteiger partial charge on any atom is 0.241 e. The van der Waals surface area contributed by atoms with E-state index in [2.05, 4.69) is 10.6 Å². The van der Waals surface area contributed by atoms with Crippen molar-refractivity contribution in [1.82, 2.24) is 5.32 Å². The molecule has 1 aromatic rings. The number of rotatable bonds is 3. The van der Waals surface area contributed by atoms with Gasteiger partial charge in [0, 0.05) is 13.0 Å². The Kier molecular flexibility index (Phi) is 4.20. The summed E-state index contributed by atoms with van der Waals surface area (Å²) < 4.78 is 0. The van der Waals surface area contributed by atoms with Crippen molar-refractivity contribution in [2.45, 2.75) is 38.1 Å². The van der Waals surface area contributed by atoms with E-state index in [9.17, 15) is 9.59 Å². The molecule has 0 bridgehead atoms. The predicted octanol–water partition coefficient (Wildman–Crippen LogP) is 1.89. The topological polar surface area (TPSA) is 61.4 Å². The molecule has 2 aliphatic heterocycles. The molecule has 1 atom stereocenters. The van der Waals surface area contributed by atoms with Gasteiger partial charge in [-0.1, -0.05) is 18.6 Å². The van der Waals surface area contributed by atoms with Crippen LogP contribution in [0.25, 0.3) is 0 Å². The second kappa shape index (κ2) is 6.26. The standard InChI is InChI=1S/C16H21N3O2/c20-15-9-5-11-19(15)14-8-2-1-6-12(14)18-16(21)13-7-3-4-10-17-13/h1-2,6,8,13,17H,3-5,7,9-11H2,(H,18,21)/t13-/m1/s1. The molecule has 2 N–H and O–H groups in total. The van der Waals surface area contributed by atoms with Gasteiger partial charge in [-0.3, -0.25) is 9.59 Å². The summed E-state index contributed by atoms with van der Waals surface area (Å²) in [4.78, 5) is 26.0. The lowest BCUT2D eigenvalue weighted by Crippen LogP contribution is -2.43. The van der Waals surface area contributed by atoms with Crippen LogP contribution < -0.4 is 15.5 Å². The Bertz CT molecular complexity index is 538. The predicted molar refractivity (Wildman–Crippen MR) is 82.3 cm³/mol. The Labute approximate surface area is 124 Å². The molecule has 21 heavy (non-hydrogen) atoms. The van der Waals surface area contributed by atoms with Crippen molar-refractivity contribution in [3.8, 4) is 0 Å². The van der Waals surface area contributed by atoms with Crippen LogP contribution in [0.1, 0.15) is 32.1 Å². The highest BCUT2D eigenvalue weighted by molar-refractivity contribution is 6.03. The van der Waals surface area contributed by atoms with Crippen molar-refractivity contribution < 1.29 is 9.59 Å². The van der Waals surface area contributed by atoms with E-state index >= 15 is 0 Å². The summed E-state index contributed by atoms with van der Waals surface area (Å²) in [6, 6.07) is 7.42. The largest absolute Gasteiger partial charge is 0.323 e. The minimum Gasteiger partial charge on any atom is -0.323 e. The molecular formula is C16H21N3O2. The molecule has 0 unspecified atom stereocenters. The molecule has 3 rings (SSSR count). The lowest BCUT2D eigenvalue weighted by atomic mass is 10.0. The monoisotopic (exact) mass is 287 g/mol. The SMILES string of the molecule is O=C(Nc1ccccc1N1CCCC1=O)[C@H]1CCCCN1. The van der Waals surface area contributed by atoms with Gasteiger partial charge in [-0.2, -0.15) is 0 Å². The summed E-state index contributed by atoms with van der Waals surface area (Å²) in [6.45, 7) is 1.62. The highest BCUT2D eigenvalue weighted by Gasteiger charge is 2.26. The molecule has 2 amide bonds. The molecule has 112 valence electrons. The Morgan fingerprint density at radius 2 is 2.10 bits per heavy atom. The normalized spacial score (nSPS) is 22.4. The second-order valence-corrected chi connectivity index (χ2v) is 5.66. The third-order valence-corrected chi connectivity index (χ3v) is 4.15. The molecule has 0 saturated carbocycles. The zero-order valence-electron chi connectivity index (χ0n) is 12.1. The van der Waals surface area contributed by atoms with Crippen molar-refractivity contribution in [3.05, 3.63) is 24.3 Å². The number of nitrogens with zero attached hydrogens (tertiary/aromatic N) is 1. The summed E-state index contributed by atoms with van der Waals surface area (Å²) >= 11 is 0. The molecule has 2 aliphatic rings. The minimum absolute atomic E-state index is 0.00574. The highest BCUT2D eigenvalue weighted by Crippen LogP contribution is 2.29. The molecule has 2 heterocycles. The van der Waals surface area contributed by atoms with Crippen LogP contribution in [-0.2, 0) is 9.59 Å². The van der Waals surface area contributed by atoms with Crippen molar-refractivity contribution in [1.29, 1.82) is 0 Å². The van der Waals surface area contributed by atoms with Gasteiger partial charge in [-0.25, -0.2) is 0 Å². The number of nitrogens with one attached hydrogen (secondary N) is 2. The van der Waals surface area contributed by atoms with Crippen LogP contribution >= 0.6 is 0 Å². The average Bonchev–Trinajstić information content (AvgIpc) is 2.95. The van der Waals surface area contributed by atoms with Gasteiger partial charge in [0.25, 0.3) is 0 Å². The third kappa shape index (κ3) is 3.08. The molecule has 5 nitrogen and oxygen atoms in total. The third-order valence-electron chi connectivity index (χ3n) is 4.15. The van der Waals surface area contributed by atoms with E-state index in [-0.39, 0.29) is 17.9 Å². The summed E-state index contributed by atoms with van der Waals surface area (Å²) in [5.74, 6) is 0.126. The van der Waals surface area contributed by atoms with Crippen LogP contribution in [0.2, 0.25) is 0 Å². The highest BCUT2D eigenvalue weighted by atomic mass is 16.2. The van der Waals surface area contributed by atoms with E-state index in [1.54, 1.807) is 4.90 Å². The molecule has 0 aromatic heterocycles. The van der Waals surface area contributed by atoms with E-state index in [4.69, 9.17) is 0 Å². The van der Waals surface area contributed by atoms with Crippen molar-refractivity contribution in [2.75, 3.05) is 23.3 Å². The minimum atomic E-state index is -0.124. The maximum atomic E-state index is 12.3. The number of carbonyl (C=O) groups excluding carboxylic acids is 2. The Morgan fingerprint density at radius 1 is 1.24 bits per heavy atom. The lowest BCUT2D eigenvalue weighted by molar-refractivity contribution is -0.119. The molecule has 2 fully saturated rings. The molecule has 0 radical (unpaired) electrons.